The van der Waals surface area contributed by atoms with Gasteiger partial charge in [-0.3, -0.25) is 4.79 Å². The highest BCUT2D eigenvalue weighted by Gasteiger charge is 2.28. The van der Waals surface area contributed by atoms with E-state index in [2.05, 4.69) is 15.2 Å². The van der Waals surface area contributed by atoms with Gasteiger partial charge in [-0.25, -0.2) is 18.2 Å². The molecule has 0 fully saturated rings. The maximum absolute atomic E-state index is 13.0. The number of carbonyl (C=O) groups is 1. The van der Waals surface area contributed by atoms with Crippen molar-refractivity contribution in [2.45, 2.75) is 51.3 Å². The average molecular weight is 534 g/mol. The number of hydrogen-bond acceptors (Lipinski definition) is 7. The molecule has 0 saturated carbocycles. The Kier molecular flexibility index (Phi) is 7.85. The van der Waals surface area contributed by atoms with Crippen LogP contribution >= 0.6 is 0 Å². The average Bonchev–Trinajstić information content (AvgIpc) is 3.13. The molecule has 1 amide bonds. The van der Waals surface area contributed by atoms with Crippen LogP contribution < -0.4 is 19.9 Å². The highest BCUT2D eigenvalue weighted by atomic mass is 32.2. The van der Waals surface area contributed by atoms with Gasteiger partial charge in [0.15, 0.2) is 11.4 Å². The summed E-state index contributed by atoms with van der Waals surface area (Å²) in [5.41, 5.74) is 0.120. The molecule has 0 aliphatic heterocycles. The molecule has 2 aromatic carbocycles. The van der Waals surface area contributed by atoms with Crippen molar-refractivity contribution >= 4 is 15.9 Å². The van der Waals surface area contributed by atoms with E-state index in [1.807, 2.05) is 26.8 Å². The van der Waals surface area contributed by atoms with Gasteiger partial charge >= 0.3 is 6.61 Å². The Morgan fingerprint density at radius 1 is 1.19 bits per heavy atom. The Labute approximate surface area is 212 Å². The number of sulfonamides is 1. The maximum atomic E-state index is 13.0. The highest BCUT2D eigenvalue weighted by molar-refractivity contribution is 7.89. The number of carbonyl (C=O) groups excluding carboxylic acids is 1. The molecule has 0 aliphatic carbocycles. The van der Waals surface area contributed by atoms with E-state index in [0.29, 0.717) is 11.1 Å². The van der Waals surface area contributed by atoms with E-state index >= 15 is 0 Å². The number of nitrogens with zero attached hydrogens (tertiary/aromatic N) is 3. The van der Waals surface area contributed by atoms with Gasteiger partial charge in [-0.05, 0) is 57.5 Å². The summed E-state index contributed by atoms with van der Waals surface area (Å²) in [4.78, 5) is 12.9. The van der Waals surface area contributed by atoms with E-state index in [1.165, 1.54) is 47.1 Å². The first-order valence-electron chi connectivity index (χ1n) is 10.9. The van der Waals surface area contributed by atoms with E-state index < -0.39 is 28.1 Å². The number of alkyl halides is 2. The number of nitriles is 1. The second-order valence-corrected chi connectivity index (χ2v) is 10.5. The van der Waals surface area contributed by atoms with Crippen molar-refractivity contribution in [2.24, 2.45) is 5.14 Å². The van der Waals surface area contributed by atoms with Crippen LogP contribution in [0.1, 0.15) is 48.0 Å². The van der Waals surface area contributed by atoms with Crippen molar-refractivity contribution in [1.29, 1.82) is 5.26 Å². The molecule has 13 heteroatoms. The summed E-state index contributed by atoms with van der Waals surface area (Å²) >= 11 is 0. The van der Waals surface area contributed by atoms with Gasteiger partial charge < -0.3 is 14.8 Å². The molecule has 0 saturated heterocycles. The SMILES string of the molecule is Cc1c(C(=O)NCc2ccc(S(N)(=O)=O)cc2)nn(C(C)(C)C)c1Oc1cccc(OC(F)F)c1C#N. The maximum Gasteiger partial charge on any atom is 0.387 e. The van der Waals surface area contributed by atoms with Gasteiger partial charge in [0.2, 0.25) is 15.9 Å². The first-order valence-corrected chi connectivity index (χ1v) is 12.4. The molecule has 3 N–H and O–H groups in total. The lowest BCUT2D eigenvalue weighted by molar-refractivity contribution is -0.0501. The molecule has 1 aromatic heterocycles. The van der Waals surface area contributed by atoms with Crippen LogP contribution in [0.2, 0.25) is 0 Å². The van der Waals surface area contributed by atoms with E-state index in [1.54, 1.807) is 6.92 Å². The largest absolute Gasteiger partial charge is 0.437 e. The molecule has 10 nitrogen and oxygen atoms in total. The third-order valence-corrected chi connectivity index (χ3v) is 6.08. The Balaban J connectivity index is 1.91. The lowest BCUT2D eigenvalue weighted by Crippen LogP contribution is -2.26. The van der Waals surface area contributed by atoms with Crippen molar-refractivity contribution in [3.63, 3.8) is 0 Å². The van der Waals surface area contributed by atoms with Gasteiger partial charge in [0.1, 0.15) is 17.4 Å². The fraction of sp³-hybridized carbons (Fsp3) is 0.292. The quantitative estimate of drug-likeness (QED) is 0.447. The number of nitrogens with one attached hydrogen (secondary N) is 1. The second kappa shape index (κ2) is 10.5. The van der Waals surface area contributed by atoms with Gasteiger partial charge in [0.25, 0.3) is 5.91 Å². The smallest absolute Gasteiger partial charge is 0.387 e. The van der Waals surface area contributed by atoms with Crippen LogP contribution in [-0.2, 0) is 22.1 Å². The van der Waals surface area contributed by atoms with Crippen molar-refractivity contribution in [1.82, 2.24) is 15.1 Å². The van der Waals surface area contributed by atoms with Gasteiger partial charge in [0, 0.05) is 12.1 Å². The number of halogens is 2. The molecule has 3 aromatic rings. The number of amides is 1. The molecule has 0 bridgehead atoms. The highest BCUT2D eigenvalue weighted by Crippen LogP contribution is 2.36. The summed E-state index contributed by atoms with van der Waals surface area (Å²) in [7, 11) is -3.83. The zero-order valence-corrected chi connectivity index (χ0v) is 21.3. The Morgan fingerprint density at radius 2 is 1.81 bits per heavy atom. The van der Waals surface area contributed by atoms with E-state index in [-0.39, 0.29) is 40.1 Å². The molecule has 0 spiro atoms. The number of hydrogen-bond donors (Lipinski definition) is 2. The Morgan fingerprint density at radius 3 is 2.35 bits per heavy atom. The minimum atomic E-state index is -3.83. The van der Waals surface area contributed by atoms with Gasteiger partial charge in [-0.2, -0.15) is 19.1 Å². The monoisotopic (exact) mass is 533 g/mol. The van der Waals surface area contributed by atoms with Gasteiger partial charge in [-0.1, -0.05) is 18.2 Å². The molecular formula is C24H25F2N5O5S. The van der Waals surface area contributed by atoms with Crippen LogP contribution in [0.5, 0.6) is 17.4 Å². The van der Waals surface area contributed by atoms with Crippen LogP contribution in [0, 0.1) is 18.3 Å². The summed E-state index contributed by atoms with van der Waals surface area (Å²) in [6.45, 7) is 4.02. The number of primary sulfonamides is 1. The summed E-state index contributed by atoms with van der Waals surface area (Å²) in [5.74, 6) is -0.783. The number of benzene rings is 2. The zero-order chi connectivity index (χ0) is 27.5. The van der Waals surface area contributed by atoms with Gasteiger partial charge in [0.05, 0.1) is 10.4 Å². The number of rotatable bonds is 8. The summed E-state index contributed by atoms with van der Waals surface area (Å²) in [5, 5.41) is 21.8. The number of ether oxygens (including phenoxy) is 2. The first kappa shape index (κ1) is 27.6. The molecule has 0 atom stereocenters. The third-order valence-electron chi connectivity index (χ3n) is 5.15. The lowest BCUT2D eigenvalue weighted by atomic mass is 10.1. The van der Waals surface area contributed by atoms with E-state index in [9.17, 15) is 27.3 Å². The molecular weight excluding hydrogens is 508 g/mol. The second-order valence-electron chi connectivity index (χ2n) is 8.95. The first-order chi connectivity index (χ1) is 17.2. The molecule has 0 unspecified atom stereocenters. The lowest BCUT2D eigenvalue weighted by Gasteiger charge is -2.22. The Hall–Kier alpha value is -4.02. The third kappa shape index (κ3) is 6.41. The number of aromatic nitrogens is 2. The molecule has 37 heavy (non-hydrogen) atoms. The van der Waals surface area contributed by atoms with E-state index in [0.717, 1.165) is 0 Å². The zero-order valence-electron chi connectivity index (χ0n) is 20.5. The Bertz CT molecular complexity index is 1460. The fourth-order valence-electron chi connectivity index (χ4n) is 3.34. The minimum absolute atomic E-state index is 0.0453. The van der Waals surface area contributed by atoms with Crippen LogP contribution in [0.15, 0.2) is 47.4 Å². The summed E-state index contributed by atoms with van der Waals surface area (Å²) in [6.07, 6.45) is 0. The topological polar surface area (TPSA) is 149 Å². The normalized spacial score (nSPS) is 11.8. The molecule has 196 valence electrons. The van der Waals surface area contributed by atoms with Crippen LogP contribution in [0.3, 0.4) is 0 Å². The number of nitrogens with two attached hydrogens (primary N) is 1. The van der Waals surface area contributed by atoms with Gasteiger partial charge in [-0.15, -0.1) is 0 Å². The predicted octanol–water partition coefficient (Wildman–Crippen LogP) is 3.79. The molecule has 0 radical (unpaired) electrons. The van der Waals surface area contributed by atoms with Crippen LogP contribution in [0.25, 0.3) is 0 Å². The van der Waals surface area contributed by atoms with Crippen molar-refractivity contribution in [3.8, 4) is 23.4 Å². The molecule has 1 heterocycles. The fourth-order valence-corrected chi connectivity index (χ4v) is 3.85. The standard InChI is InChI=1S/C24H25F2N5O5S/c1-14-20(21(32)29-13-15-8-10-16(11-9-15)37(28,33)34)30-31(24(2,3)4)22(14)35-18-6-5-7-19(17(18)12-27)36-23(25)26/h5-11,23H,13H2,1-4H3,(H,29,32)(H2,28,33,34). The summed E-state index contributed by atoms with van der Waals surface area (Å²) < 4.78 is 60.2. The minimum Gasteiger partial charge on any atom is -0.437 e. The van der Waals surface area contributed by atoms with Crippen LogP contribution in [-0.4, -0.2) is 30.7 Å². The van der Waals surface area contributed by atoms with Crippen molar-refractivity contribution < 1.29 is 31.5 Å². The van der Waals surface area contributed by atoms with Crippen molar-refractivity contribution in [3.05, 3.63) is 64.8 Å². The van der Waals surface area contributed by atoms with E-state index in [4.69, 9.17) is 9.88 Å². The van der Waals surface area contributed by atoms with Crippen LogP contribution in [0.4, 0.5) is 8.78 Å². The molecule has 3 rings (SSSR count). The summed E-state index contributed by atoms with van der Waals surface area (Å²) in [6, 6.07) is 11.6. The van der Waals surface area contributed by atoms with Crippen molar-refractivity contribution in [2.75, 3.05) is 0 Å². The molecule has 0 aliphatic rings. The predicted molar refractivity (Wildman–Crippen MR) is 129 cm³/mol.